The summed E-state index contributed by atoms with van der Waals surface area (Å²) < 4.78 is 1.96. The topological polar surface area (TPSA) is 46.4 Å². The summed E-state index contributed by atoms with van der Waals surface area (Å²) in [6.45, 7) is 1.77. The first kappa shape index (κ1) is 17.3. The average molecular weight is 372 g/mol. The van der Waals surface area contributed by atoms with Crippen LogP contribution in [0.2, 0.25) is 10.0 Å². The molecule has 6 heteroatoms. The SMILES string of the molecule is CC(=NNC(=O)c1ccc(-n2cccc2)cc1)c1ccc(Cl)cc1Cl. The van der Waals surface area contributed by atoms with Gasteiger partial charge in [0.15, 0.2) is 0 Å². The van der Waals surface area contributed by atoms with Crippen LogP contribution in [0.15, 0.2) is 72.1 Å². The van der Waals surface area contributed by atoms with E-state index < -0.39 is 0 Å². The largest absolute Gasteiger partial charge is 0.324 e. The average Bonchev–Trinajstić information content (AvgIpc) is 3.14. The second-order valence-electron chi connectivity index (χ2n) is 5.40. The minimum Gasteiger partial charge on any atom is -0.324 e. The van der Waals surface area contributed by atoms with Crippen LogP contribution in [0.4, 0.5) is 0 Å². The number of carbonyl (C=O) groups is 1. The van der Waals surface area contributed by atoms with E-state index in [0.29, 0.717) is 26.9 Å². The lowest BCUT2D eigenvalue weighted by Gasteiger charge is -2.06. The lowest BCUT2D eigenvalue weighted by molar-refractivity contribution is 0.0955. The summed E-state index contributed by atoms with van der Waals surface area (Å²) in [6, 6.07) is 16.3. The van der Waals surface area contributed by atoms with E-state index in [9.17, 15) is 4.79 Å². The van der Waals surface area contributed by atoms with Crippen molar-refractivity contribution in [2.75, 3.05) is 0 Å². The van der Waals surface area contributed by atoms with E-state index in [0.717, 1.165) is 5.69 Å². The van der Waals surface area contributed by atoms with Gasteiger partial charge in [-0.05, 0) is 55.5 Å². The van der Waals surface area contributed by atoms with Crippen molar-refractivity contribution in [3.05, 3.63) is 88.2 Å². The zero-order valence-corrected chi connectivity index (χ0v) is 14.9. The third-order valence-electron chi connectivity index (χ3n) is 3.68. The predicted octanol–water partition coefficient (Wildman–Crippen LogP) is 4.94. The van der Waals surface area contributed by atoms with Crippen molar-refractivity contribution >= 4 is 34.8 Å². The standard InChI is InChI=1S/C19H15Cl2N3O/c1-13(17-9-6-15(20)12-18(17)21)22-23-19(25)14-4-7-16(8-5-14)24-10-2-3-11-24/h2-12H,1H3,(H,23,25). The highest BCUT2D eigenvalue weighted by atomic mass is 35.5. The van der Waals surface area contributed by atoms with Gasteiger partial charge in [0.1, 0.15) is 0 Å². The Morgan fingerprint density at radius 3 is 2.36 bits per heavy atom. The lowest BCUT2D eigenvalue weighted by Crippen LogP contribution is -2.19. The summed E-state index contributed by atoms with van der Waals surface area (Å²) >= 11 is 12.0. The molecule has 0 bridgehead atoms. The Morgan fingerprint density at radius 1 is 1.04 bits per heavy atom. The van der Waals surface area contributed by atoms with Crippen molar-refractivity contribution in [3.63, 3.8) is 0 Å². The molecule has 126 valence electrons. The van der Waals surface area contributed by atoms with Crippen LogP contribution in [0.5, 0.6) is 0 Å². The minimum absolute atomic E-state index is 0.288. The van der Waals surface area contributed by atoms with Crippen molar-refractivity contribution < 1.29 is 4.79 Å². The highest BCUT2D eigenvalue weighted by Gasteiger charge is 2.08. The van der Waals surface area contributed by atoms with Gasteiger partial charge in [-0.25, -0.2) is 5.43 Å². The number of aromatic nitrogens is 1. The quantitative estimate of drug-likeness (QED) is 0.512. The number of nitrogens with zero attached hydrogens (tertiary/aromatic N) is 2. The molecule has 1 heterocycles. The molecule has 3 rings (SSSR count). The zero-order chi connectivity index (χ0) is 17.8. The van der Waals surface area contributed by atoms with Crippen LogP contribution in [0.3, 0.4) is 0 Å². The molecule has 0 atom stereocenters. The van der Waals surface area contributed by atoms with Crippen LogP contribution in [-0.2, 0) is 0 Å². The van der Waals surface area contributed by atoms with E-state index in [4.69, 9.17) is 23.2 Å². The summed E-state index contributed by atoms with van der Waals surface area (Å²) in [5.41, 5.74) is 5.36. The first-order valence-corrected chi connectivity index (χ1v) is 8.33. The van der Waals surface area contributed by atoms with Gasteiger partial charge in [-0.2, -0.15) is 5.10 Å². The van der Waals surface area contributed by atoms with Crippen LogP contribution in [0, 0.1) is 0 Å². The number of nitrogens with one attached hydrogen (secondary N) is 1. The van der Waals surface area contributed by atoms with Crippen LogP contribution >= 0.6 is 23.2 Å². The second kappa shape index (κ2) is 7.55. The van der Waals surface area contributed by atoms with Crippen molar-refractivity contribution in [1.82, 2.24) is 9.99 Å². The summed E-state index contributed by atoms with van der Waals surface area (Å²) in [6.07, 6.45) is 3.89. The van der Waals surface area contributed by atoms with E-state index in [1.807, 2.05) is 41.2 Å². The van der Waals surface area contributed by atoms with Crippen LogP contribution < -0.4 is 5.43 Å². The van der Waals surface area contributed by atoms with Gasteiger partial charge in [0, 0.05) is 34.2 Å². The molecule has 0 aliphatic carbocycles. The fraction of sp³-hybridized carbons (Fsp3) is 0.0526. The van der Waals surface area contributed by atoms with Crippen LogP contribution in [0.1, 0.15) is 22.8 Å². The van der Waals surface area contributed by atoms with Crippen molar-refractivity contribution in [2.45, 2.75) is 6.92 Å². The Kier molecular flexibility index (Phi) is 5.22. The molecule has 0 saturated heterocycles. The number of benzene rings is 2. The smallest absolute Gasteiger partial charge is 0.271 e. The monoisotopic (exact) mass is 371 g/mol. The Hall–Kier alpha value is -2.56. The molecule has 1 amide bonds. The minimum atomic E-state index is -0.288. The molecular formula is C19H15Cl2N3O. The van der Waals surface area contributed by atoms with Gasteiger partial charge in [-0.3, -0.25) is 4.79 Å². The molecule has 0 aliphatic heterocycles. The number of rotatable bonds is 4. The van der Waals surface area contributed by atoms with E-state index in [1.165, 1.54) is 0 Å². The molecule has 3 aromatic rings. The normalized spacial score (nSPS) is 11.4. The number of hydrogen-bond donors (Lipinski definition) is 1. The number of hydrogen-bond acceptors (Lipinski definition) is 2. The fourth-order valence-electron chi connectivity index (χ4n) is 2.33. The molecule has 2 aromatic carbocycles. The van der Waals surface area contributed by atoms with Gasteiger partial charge in [0.25, 0.3) is 5.91 Å². The molecule has 4 nitrogen and oxygen atoms in total. The number of hydrazone groups is 1. The highest BCUT2D eigenvalue weighted by Crippen LogP contribution is 2.21. The van der Waals surface area contributed by atoms with Crippen LogP contribution in [0.25, 0.3) is 5.69 Å². The molecule has 1 aromatic heterocycles. The zero-order valence-electron chi connectivity index (χ0n) is 13.4. The molecule has 0 saturated carbocycles. The van der Waals surface area contributed by atoms with E-state index >= 15 is 0 Å². The summed E-state index contributed by atoms with van der Waals surface area (Å²) in [7, 11) is 0. The Morgan fingerprint density at radius 2 is 1.72 bits per heavy atom. The molecular weight excluding hydrogens is 357 g/mol. The number of amides is 1. The number of halogens is 2. The third kappa shape index (κ3) is 4.10. The maximum absolute atomic E-state index is 12.2. The number of carbonyl (C=O) groups excluding carboxylic acids is 1. The predicted molar refractivity (Wildman–Crippen MR) is 102 cm³/mol. The molecule has 0 fully saturated rings. The Balaban J connectivity index is 1.71. The molecule has 0 spiro atoms. The molecule has 0 aliphatic rings. The van der Waals surface area contributed by atoms with E-state index in [1.54, 1.807) is 37.3 Å². The van der Waals surface area contributed by atoms with Crippen LogP contribution in [-0.4, -0.2) is 16.2 Å². The van der Waals surface area contributed by atoms with E-state index in [-0.39, 0.29) is 5.91 Å². The van der Waals surface area contributed by atoms with E-state index in [2.05, 4.69) is 10.5 Å². The van der Waals surface area contributed by atoms with Gasteiger partial charge >= 0.3 is 0 Å². The molecule has 1 N–H and O–H groups in total. The van der Waals surface area contributed by atoms with Crippen molar-refractivity contribution in [1.29, 1.82) is 0 Å². The molecule has 0 unspecified atom stereocenters. The van der Waals surface area contributed by atoms with Gasteiger partial charge in [0.2, 0.25) is 0 Å². The van der Waals surface area contributed by atoms with Gasteiger partial charge < -0.3 is 4.57 Å². The highest BCUT2D eigenvalue weighted by molar-refractivity contribution is 6.37. The first-order chi connectivity index (χ1) is 12.0. The third-order valence-corrected chi connectivity index (χ3v) is 4.23. The molecule has 0 radical (unpaired) electrons. The molecule has 25 heavy (non-hydrogen) atoms. The van der Waals surface area contributed by atoms with Gasteiger partial charge in [-0.15, -0.1) is 0 Å². The summed E-state index contributed by atoms with van der Waals surface area (Å²) in [5.74, 6) is -0.288. The van der Waals surface area contributed by atoms with Crippen molar-refractivity contribution in [3.8, 4) is 5.69 Å². The second-order valence-corrected chi connectivity index (χ2v) is 6.24. The van der Waals surface area contributed by atoms with Gasteiger partial charge in [0.05, 0.1) is 10.7 Å². The first-order valence-electron chi connectivity index (χ1n) is 7.58. The Bertz CT molecular complexity index is 916. The Labute approximate surface area is 155 Å². The van der Waals surface area contributed by atoms with Crippen molar-refractivity contribution in [2.24, 2.45) is 5.10 Å². The maximum Gasteiger partial charge on any atom is 0.271 e. The fourth-order valence-corrected chi connectivity index (χ4v) is 2.88. The lowest BCUT2D eigenvalue weighted by atomic mass is 10.1. The maximum atomic E-state index is 12.2. The van der Waals surface area contributed by atoms with Gasteiger partial charge in [-0.1, -0.05) is 29.3 Å². The summed E-state index contributed by atoms with van der Waals surface area (Å²) in [4.78, 5) is 12.2. The summed E-state index contributed by atoms with van der Waals surface area (Å²) in [5, 5.41) is 5.15.